The molecule has 0 aliphatic carbocycles. The van der Waals surface area contributed by atoms with Crippen molar-refractivity contribution in [3.63, 3.8) is 0 Å². The van der Waals surface area contributed by atoms with Gasteiger partial charge in [0.1, 0.15) is 0 Å². The van der Waals surface area contributed by atoms with Gasteiger partial charge in [0.25, 0.3) is 5.91 Å². The number of rotatable bonds is 12. The minimum Gasteiger partial charge on any atom is -0.481 e. The maximum atomic E-state index is 14.3. The Morgan fingerprint density at radius 1 is 0.648 bits per heavy atom. The van der Waals surface area contributed by atoms with Crippen molar-refractivity contribution in [2.45, 2.75) is 13.1 Å². The lowest BCUT2D eigenvalue weighted by atomic mass is 9.99. The van der Waals surface area contributed by atoms with E-state index in [0.717, 1.165) is 55.4 Å². The standard InChI is InChI=1S/C43H37N7O4/c1-53-41-19-5-12-32(44-41)25-48-27-37-35(15-7-17-39(37)46-48)29-9-3-11-31(23-29)43(52)50(21-22-51)34-14-4-10-30(24-34)36-16-8-18-40-38(36)28-49(47-40)26-33-13-6-20-42(45-33)54-2/h3-20,23-24,27-28,51H,21-22,25-26H2,1-2H3. The molecule has 4 aromatic carbocycles. The summed E-state index contributed by atoms with van der Waals surface area (Å²) in [5, 5.41) is 21.7. The molecule has 4 aromatic heterocycles. The van der Waals surface area contributed by atoms with Crippen LogP contribution in [-0.2, 0) is 13.1 Å². The molecule has 0 fully saturated rings. The highest BCUT2D eigenvalue weighted by Gasteiger charge is 2.20. The minimum atomic E-state index is -0.216. The largest absolute Gasteiger partial charge is 0.481 e. The summed E-state index contributed by atoms with van der Waals surface area (Å²) in [6.45, 7) is 0.900. The Bertz CT molecular complexity index is 2610. The first kappa shape index (κ1) is 34.2. The molecule has 1 amide bonds. The first-order valence-corrected chi connectivity index (χ1v) is 17.6. The number of methoxy groups -OCH3 is 2. The van der Waals surface area contributed by atoms with Crippen molar-refractivity contribution in [2.75, 3.05) is 32.3 Å². The molecule has 0 saturated carbocycles. The predicted molar refractivity (Wildman–Crippen MR) is 209 cm³/mol. The summed E-state index contributed by atoms with van der Waals surface area (Å²) in [5.41, 5.74) is 8.28. The summed E-state index contributed by atoms with van der Waals surface area (Å²) in [6, 6.07) is 38.8. The van der Waals surface area contributed by atoms with Crippen molar-refractivity contribution in [3.8, 4) is 34.0 Å². The molecule has 11 heteroatoms. The molecule has 0 bridgehead atoms. The summed E-state index contributed by atoms with van der Waals surface area (Å²) in [7, 11) is 3.20. The van der Waals surface area contributed by atoms with Crippen molar-refractivity contribution < 1.29 is 19.4 Å². The molecule has 8 rings (SSSR count). The normalized spacial score (nSPS) is 11.2. The maximum Gasteiger partial charge on any atom is 0.258 e. The van der Waals surface area contributed by atoms with Crippen molar-refractivity contribution in [3.05, 3.63) is 151 Å². The summed E-state index contributed by atoms with van der Waals surface area (Å²) in [5.74, 6) is 0.892. The summed E-state index contributed by atoms with van der Waals surface area (Å²) in [4.78, 5) is 25.0. The van der Waals surface area contributed by atoms with E-state index in [9.17, 15) is 9.90 Å². The highest BCUT2D eigenvalue weighted by molar-refractivity contribution is 6.08. The second-order valence-corrected chi connectivity index (χ2v) is 12.8. The van der Waals surface area contributed by atoms with Gasteiger partial charge in [-0.1, -0.05) is 60.7 Å². The molecule has 54 heavy (non-hydrogen) atoms. The van der Waals surface area contributed by atoms with E-state index in [4.69, 9.17) is 19.7 Å². The van der Waals surface area contributed by atoms with Crippen LogP contribution in [0.5, 0.6) is 11.8 Å². The van der Waals surface area contributed by atoms with Crippen molar-refractivity contribution in [2.24, 2.45) is 0 Å². The lowest BCUT2D eigenvalue weighted by Gasteiger charge is -2.23. The van der Waals surface area contributed by atoms with Crippen LogP contribution >= 0.6 is 0 Å². The van der Waals surface area contributed by atoms with Gasteiger partial charge in [0.15, 0.2) is 0 Å². The fraction of sp³-hybridized carbons (Fsp3) is 0.140. The molecule has 0 atom stereocenters. The quantitative estimate of drug-likeness (QED) is 0.140. The number of ether oxygens (including phenoxy) is 2. The monoisotopic (exact) mass is 715 g/mol. The van der Waals surface area contributed by atoms with E-state index in [-0.39, 0.29) is 19.1 Å². The number of nitrogens with zero attached hydrogens (tertiary/aromatic N) is 7. The first-order valence-electron chi connectivity index (χ1n) is 17.6. The Hall–Kier alpha value is -6.85. The zero-order chi connectivity index (χ0) is 37.0. The smallest absolute Gasteiger partial charge is 0.258 e. The van der Waals surface area contributed by atoms with Gasteiger partial charge in [-0.2, -0.15) is 10.2 Å². The Balaban J connectivity index is 1.08. The van der Waals surface area contributed by atoms with E-state index in [1.54, 1.807) is 19.1 Å². The van der Waals surface area contributed by atoms with Crippen LogP contribution in [0.4, 0.5) is 5.69 Å². The molecule has 268 valence electrons. The van der Waals surface area contributed by atoms with Crippen LogP contribution in [0.2, 0.25) is 0 Å². The van der Waals surface area contributed by atoms with Gasteiger partial charge in [-0.05, 0) is 70.8 Å². The maximum absolute atomic E-state index is 14.3. The molecule has 11 nitrogen and oxygen atoms in total. The van der Waals surface area contributed by atoms with Gasteiger partial charge in [0, 0.05) is 53.1 Å². The number of carbonyl (C=O) groups is 1. The van der Waals surface area contributed by atoms with Gasteiger partial charge in [0.2, 0.25) is 11.8 Å². The zero-order valence-corrected chi connectivity index (χ0v) is 29.8. The number of fused-ring (bicyclic) bond motifs is 2. The number of anilines is 1. The Morgan fingerprint density at radius 3 is 1.72 bits per heavy atom. The lowest BCUT2D eigenvalue weighted by Crippen LogP contribution is -2.33. The number of aromatic nitrogens is 6. The van der Waals surface area contributed by atoms with Gasteiger partial charge in [-0.3, -0.25) is 14.2 Å². The number of amides is 1. The van der Waals surface area contributed by atoms with Crippen molar-refractivity contribution in [1.29, 1.82) is 0 Å². The lowest BCUT2D eigenvalue weighted by molar-refractivity contribution is 0.0981. The molecular weight excluding hydrogens is 679 g/mol. The van der Waals surface area contributed by atoms with E-state index < -0.39 is 0 Å². The minimum absolute atomic E-state index is 0.128. The van der Waals surface area contributed by atoms with Crippen LogP contribution in [0.15, 0.2) is 134 Å². The summed E-state index contributed by atoms with van der Waals surface area (Å²) in [6.07, 6.45) is 4.02. The number of hydrogen-bond donors (Lipinski definition) is 1. The van der Waals surface area contributed by atoms with Crippen LogP contribution < -0.4 is 14.4 Å². The highest BCUT2D eigenvalue weighted by Crippen LogP contribution is 2.33. The topological polar surface area (TPSA) is 120 Å². The summed E-state index contributed by atoms with van der Waals surface area (Å²) >= 11 is 0. The third-order valence-electron chi connectivity index (χ3n) is 9.28. The number of carbonyl (C=O) groups excluding carboxylic acids is 1. The molecule has 1 N–H and O–H groups in total. The molecule has 0 saturated heterocycles. The fourth-order valence-corrected chi connectivity index (χ4v) is 6.77. The van der Waals surface area contributed by atoms with Gasteiger partial charge < -0.3 is 19.5 Å². The molecule has 0 aliphatic heterocycles. The van der Waals surface area contributed by atoms with E-state index >= 15 is 0 Å². The fourth-order valence-electron chi connectivity index (χ4n) is 6.77. The van der Waals surface area contributed by atoms with Crippen LogP contribution in [0.3, 0.4) is 0 Å². The zero-order valence-electron chi connectivity index (χ0n) is 29.8. The summed E-state index contributed by atoms with van der Waals surface area (Å²) < 4.78 is 14.3. The predicted octanol–water partition coefficient (Wildman–Crippen LogP) is 7.26. The highest BCUT2D eigenvalue weighted by atomic mass is 16.5. The second-order valence-electron chi connectivity index (χ2n) is 12.8. The van der Waals surface area contributed by atoms with E-state index in [2.05, 4.69) is 16.0 Å². The molecular formula is C43H37N7O4. The van der Waals surface area contributed by atoms with Crippen LogP contribution in [0.1, 0.15) is 21.7 Å². The average Bonchev–Trinajstić information content (AvgIpc) is 3.83. The molecule has 0 unspecified atom stereocenters. The Morgan fingerprint density at radius 2 is 1.17 bits per heavy atom. The number of aliphatic hydroxyl groups is 1. The number of aliphatic hydroxyl groups excluding tert-OH is 1. The average molecular weight is 716 g/mol. The van der Waals surface area contributed by atoms with E-state index in [1.807, 2.05) is 137 Å². The third kappa shape index (κ3) is 7.00. The number of pyridine rings is 2. The molecule has 0 radical (unpaired) electrons. The van der Waals surface area contributed by atoms with Crippen LogP contribution in [0, 0.1) is 0 Å². The van der Waals surface area contributed by atoms with E-state index in [1.165, 1.54) is 0 Å². The number of benzene rings is 4. The van der Waals surface area contributed by atoms with Gasteiger partial charge in [0.05, 0.1) is 56.3 Å². The first-order chi connectivity index (χ1) is 26.5. The molecule has 0 aliphatic rings. The third-order valence-corrected chi connectivity index (χ3v) is 9.28. The molecule has 0 spiro atoms. The molecule has 8 aromatic rings. The van der Waals surface area contributed by atoms with Crippen molar-refractivity contribution >= 4 is 33.4 Å². The van der Waals surface area contributed by atoms with Crippen LogP contribution in [-0.4, -0.2) is 67.9 Å². The van der Waals surface area contributed by atoms with Gasteiger partial charge >= 0.3 is 0 Å². The van der Waals surface area contributed by atoms with Crippen LogP contribution in [0.25, 0.3) is 44.1 Å². The van der Waals surface area contributed by atoms with Crippen molar-refractivity contribution in [1.82, 2.24) is 29.5 Å². The van der Waals surface area contributed by atoms with Gasteiger partial charge in [-0.15, -0.1) is 0 Å². The Kier molecular flexibility index (Phi) is 9.52. The SMILES string of the molecule is COc1cccc(Cn2cc3c(-c4cccc(C(=O)N(CCO)c5cccc(-c6cccc7nn(Cc8cccc(OC)n8)cc67)c5)c4)cccc3n2)n1. The van der Waals surface area contributed by atoms with E-state index in [0.29, 0.717) is 36.1 Å². The van der Waals surface area contributed by atoms with Gasteiger partial charge in [-0.25, -0.2) is 9.97 Å². The number of hydrogen-bond acceptors (Lipinski definition) is 8. The second kappa shape index (κ2) is 15.0. The Labute approximate surface area is 311 Å². The molecule has 4 heterocycles.